The highest BCUT2D eigenvalue weighted by Crippen LogP contribution is 2.28. The predicted octanol–water partition coefficient (Wildman–Crippen LogP) is 3.27. The average Bonchev–Trinajstić information content (AvgIpc) is 3.28. The number of carbonyl (C=O) groups excluding carboxylic acids is 1. The van der Waals surface area contributed by atoms with Gasteiger partial charge in [-0.05, 0) is 53.6 Å². The first-order valence-corrected chi connectivity index (χ1v) is 9.56. The number of methoxy groups -OCH3 is 2. The van der Waals surface area contributed by atoms with Crippen molar-refractivity contribution in [3.05, 3.63) is 77.2 Å². The monoisotopic (exact) mass is 438 g/mol. The molecule has 0 saturated carbocycles. The standard InChI is InChI=1S/C23H22N2O7/c1-29-17-6-3-15(4-7-17)12-22(26)25-24-13-16-5-9-19(21(11-16)30-2)31-14-18-8-10-20(32-18)23(27)28/h3-11,13H,12,14H2,1-2H3,(H,25,26)(H,27,28). The van der Waals surface area contributed by atoms with E-state index >= 15 is 0 Å². The fourth-order valence-electron chi connectivity index (χ4n) is 2.75. The minimum atomic E-state index is -1.14. The Morgan fingerprint density at radius 3 is 2.47 bits per heavy atom. The Morgan fingerprint density at radius 2 is 1.81 bits per heavy atom. The van der Waals surface area contributed by atoms with E-state index in [1.54, 1.807) is 37.4 Å². The molecule has 0 fully saturated rings. The van der Waals surface area contributed by atoms with Crippen LogP contribution < -0.4 is 19.6 Å². The third-order valence-corrected chi connectivity index (χ3v) is 4.36. The van der Waals surface area contributed by atoms with Crippen LogP contribution in [0.5, 0.6) is 17.2 Å². The second-order valence-corrected chi connectivity index (χ2v) is 6.59. The summed E-state index contributed by atoms with van der Waals surface area (Å²) in [6.07, 6.45) is 1.68. The molecule has 9 heteroatoms. The molecule has 1 amide bonds. The summed E-state index contributed by atoms with van der Waals surface area (Å²) in [5, 5.41) is 12.9. The zero-order valence-corrected chi connectivity index (χ0v) is 17.5. The van der Waals surface area contributed by atoms with Gasteiger partial charge < -0.3 is 23.7 Å². The van der Waals surface area contributed by atoms with E-state index < -0.39 is 5.97 Å². The third kappa shape index (κ3) is 6.11. The number of carbonyl (C=O) groups is 2. The van der Waals surface area contributed by atoms with Crippen LogP contribution in [0.4, 0.5) is 0 Å². The summed E-state index contributed by atoms with van der Waals surface area (Å²) >= 11 is 0. The Balaban J connectivity index is 1.55. The van der Waals surface area contributed by atoms with Crippen LogP contribution in [0.2, 0.25) is 0 Å². The second-order valence-electron chi connectivity index (χ2n) is 6.59. The first-order valence-electron chi connectivity index (χ1n) is 9.56. The maximum atomic E-state index is 12.1. The molecule has 0 aliphatic rings. The van der Waals surface area contributed by atoms with Crippen LogP contribution in [0.1, 0.15) is 27.4 Å². The van der Waals surface area contributed by atoms with Crippen LogP contribution >= 0.6 is 0 Å². The lowest BCUT2D eigenvalue weighted by Gasteiger charge is -2.10. The summed E-state index contributed by atoms with van der Waals surface area (Å²) in [6, 6.07) is 15.2. The van der Waals surface area contributed by atoms with Gasteiger partial charge in [0.15, 0.2) is 11.5 Å². The van der Waals surface area contributed by atoms with E-state index in [0.29, 0.717) is 22.8 Å². The van der Waals surface area contributed by atoms with Crippen molar-refractivity contribution in [3.63, 3.8) is 0 Å². The number of hydrogen-bond acceptors (Lipinski definition) is 7. The zero-order chi connectivity index (χ0) is 22.9. The number of benzene rings is 2. The van der Waals surface area contributed by atoms with Gasteiger partial charge in [0.1, 0.15) is 18.1 Å². The van der Waals surface area contributed by atoms with Crippen molar-refractivity contribution < 1.29 is 33.3 Å². The molecular weight excluding hydrogens is 416 g/mol. The minimum Gasteiger partial charge on any atom is -0.497 e. The predicted molar refractivity (Wildman–Crippen MR) is 115 cm³/mol. The number of hydrazone groups is 1. The van der Waals surface area contributed by atoms with Crippen molar-refractivity contribution in [1.29, 1.82) is 0 Å². The van der Waals surface area contributed by atoms with Gasteiger partial charge in [0.25, 0.3) is 0 Å². The summed E-state index contributed by atoms with van der Waals surface area (Å²) in [5.74, 6) is 0.435. The molecule has 1 aromatic heterocycles. The molecule has 0 saturated heterocycles. The normalized spacial score (nSPS) is 10.7. The first kappa shape index (κ1) is 22.4. The smallest absolute Gasteiger partial charge is 0.371 e. The van der Waals surface area contributed by atoms with Crippen LogP contribution in [-0.2, 0) is 17.8 Å². The molecule has 0 atom stereocenters. The van der Waals surface area contributed by atoms with Gasteiger partial charge >= 0.3 is 5.97 Å². The third-order valence-electron chi connectivity index (χ3n) is 4.36. The van der Waals surface area contributed by atoms with Crippen molar-refractivity contribution in [1.82, 2.24) is 5.43 Å². The van der Waals surface area contributed by atoms with Crippen LogP contribution in [0.15, 0.2) is 64.1 Å². The number of nitrogens with one attached hydrogen (secondary N) is 1. The fraction of sp³-hybridized carbons (Fsp3) is 0.174. The number of rotatable bonds is 10. The molecule has 2 aromatic carbocycles. The van der Waals surface area contributed by atoms with Gasteiger partial charge in [0.05, 0.1) is 26.9 Å². The van der Waals surface area contributed by atoms with Gasteiger partial charge in [-0.25, -0.2) is 10.2 Å². The van der Waals surface area contributed by atoms with E-state index in [2.05, 4.69) is 10.5 Å². The largest absolute Gasteiger partial charge is 0.497 e. The number of aromatic carboxylic acids is 1. The number of furan rings is 1. The van der Waals surface area contributed by atoms with Crippen molar-refractivity contribution in [3.8, 4) is 17.2 Å². The number of carboxylic acids is 1. The molecule has 1 heterocycles. The van der Waals surface area contributed by atoms with Gasteiger partial charge in [-0.2, -0.15) is 5.10 Å². The minimum absolute atomic E-state index is 0.0402. The Kier molecular flexibility index (Phi) is 7.47. The van der Waals surface area contributed by atoms with Gasteiger partial charge in [-0.1, -0.05) is 12.1 Å². The van der Waals surface area contributed by atoms with Gasteiger partial charge in [0.2, 0.25) is 11.7 Å². The van der Waals surface area contributed by atoms with E-state index in [1.807, 2.05) is 12.1 Å². The summed E-state index contributed by atoms with van der Waals surface area (Å²) in [5.41, 5.74) is 4.01. The Hall–Kier alpha value is -4.27. The van der Waals surface area contributed by atoms with E-state index in [0.717, 1.165) is 11.3 Å². The highest BCUT2D eigenvalue weighted by atomic mass is 16.5. The fourth-order valence-corrected chi connectivity index (χ4v) is 2.75. The Bertz CT molecular complexity index is 1100. The maximum Gasteiger partial charge on any atom is 0.371 e. The molecule has 0 bridgehead atoms. The highest BCUT2D eigenvalue weighted by Gasteiger charge is 2.11. The Morgan fingerprint density at radius 1 is 1.03 bits per heavy atom. The quantitative estimate of drug-likeness (QED) is 0.368. The maximum absolute atomic E-state index is 12.1. The molecule has 166 valence electrons. The van der Waals surface area contributed by atoms with E-state index in [9.17, 15) is 9.59 Å². The lowest BCUT2D eigenvalue weighted by molar-refractivity contribution is -0.120. The second kappa shape index (κ2) is 10.7. The summed E-state index contributed by atoms with van der Waals surface area (Å²) < 4.78 is 21.2. The number of hydrogen-bond donors (Lipinski definition) is 2. The molecule has 3 aromatic rings. The van der Waals surface area contributed by atoms with Crippen molar-refractivity contribution >= 4 is 18.1 Å². The van der Waals surface area contributed by atoms with Gasteiger partial charge in [-0.15, -0.1) is 0 Å². The first-order chi connectivity index (χ1) is 15.5. The molecule has 9 nitrogen and oxygen atoms in total. The summed E-state index contributed by atoms with van der Waals surface area (Å²) in [4.78, 5) is 22.9. The molecule has 2 N–H and O–H groups in total. The van der Waals surface area contributed by atoms with Crippen molar-refractivity contribution in [2.24, 2.45) is 5.10 Å². The van der Waals surface area contributed by atoms with Gasteiger partial charge in [0, 0.05) is 0 Å². The summed E-state index contributed by atoms with van der Waals surface area (Å²) in [6.45, 7) is 0.0402. The van der Waals surface area contributed by atoms with Crippen LogP contribution in [0.25, 0.3) is 0 Å². The number of nitrogens with zero attached hydrogens (tertiary/aromatic N) is 1. The summed E-state index contributed by atoms with van der Waals surface area (Å²) in [7, 11) is 3.08. The Labute approximate surface area is 184 Å². The van der Waals surface area contributed by atoms with E-state index in [4.69, 9.17) is 23.7 Å². The molecule has 32 heavy (non-hydrogen) atoms. The van der Waals surface area contributed by atoms with E-state index in [1.165, 1.54) is 25.5 Å². The van der Waals surface area contributed by atoms with Crippen molar-refractivity contribution in [2.75, 3.05) is 14.2 Å². The van der Waals surface area contributed by atoms with Gasteiger partial charge in [-0.3, -0.25) is 4.79 Å². The molecular formula is C23H22N2O7. The SMILES string of the molecule is COc1ccc(CC(=O)NN=Cc2ccc(OCc3ccc(C(=O)O)o3)c(OC)c2)cc1. The van der Waals surface area contributed by atoms with Crippen LogP contribution in [0, 0.1) is 0 Å². The molecule has 0 aliphatic heterocycles. The molecule has 3 rings (SSSR count). The lowest BCUT2D eigenvalue weighted by atomic mass is 10.1. The number of carboxylic acid groups (broad SMARTS) is 1. The van der Waals surface area contributed by atoms with Crippen LogP contribution in [-0.4, -0.2) is 37.4 Å². The zero-order valence-electron chi connectivity index (χ0n) is 17.5. The number of ether oxygens (including phenoxy) is 3. The molecule has 0 spiro atoms. The van der Waals surface area contributed by atoms with Crippen molar-refractivity contribution in [2.45, 2.75) is 13.0 Å². The molecule has 0 radical (unpaired) electrons. The molecule has 0 unspecified atom stereocenters. The highest BCUT2D eigenvalue weighted by molar-refractivity contribution is 5.84. The lowest BCUT2D eigenvalue weighted by Crippen LogP contribution is -2.19. The average molecular weight is 438 g/mol. The van der Waals surface area contributed by atoms with E-state index in [-0.39, 0.29) is 24.7 Å². The van der Waals surface area contributed by atoms with Crippen LogP contribution in [0.3, 0.4) is 0 Å². The number of amides is 1. The topological polar surface area (TPSA) is 120 Å². The molecule has 0 aliphatic carbocycles.